The van der Waals surface area contributed by atoms with Crippen LogP contribution in [0, 0.1) is 5.82 Å². The third-order valence-electron chi connectivity index (χ3n) is 10.7. The van der Waals surface area contributed by atoms with Crippen LogP contribution in [-0.4, -0.2) is 84.6 Å². The third-order valence-corrected chi connectivity index (χ3v) is 10.7. The van der Waals surface area contributed by atoms with Gasteiger partial charge in [0, 0.05) is 62.9 Å². The van der Waals surface area contributed by atoms with Gasteiger partial charge in [-0.3, -0.25) is 48.5 Å². The van der Waals surface area contributed by atoms with E-state index in [9.17, 15) is 38.7 Å². The molecule has 5 aromatic rings. The van der Waals surface area contributed by atoms with Crippen molar-refractivity contribution < 1.29 is 47.8 Å². The van der Waals surface area contributed by atoms with Gasteiger partial charge in [-0.05, 0) is 80.0 Å². The number of anilines is 1. The first kappa shape index (κ1) is 42.1. The van der Waals surface area contributed by atoms with Crippen LogP contribution in [-0.2, 0) is 34.5 Å². The van der Waals surface area contributed by atoms with Crippen molar-refractivity contribution >= 4 is 52.4 Å². The minimum atomic E-state index is -1.04. The van der Waals surface area contributed by atoms with E-state index in [-0.39, 0.29) is 64.8 Å². The van der Waals surface area contributed by atoms with E-state index in [4.69, 9.17) is 4.74 Å². The molecule has 1 unspecified atom stereocenters. The summed E-state index contributed by atoms with van der Waals surface area (Å²) in [7, 11) is 1.69. The molecule has 4 N–H and O–H groups in total. The van der Waals surface area contributed by atoms with Crippen LogP contribution < -0.4 is 20.7 Å². The molecule has 1 fully saturated rings. The number of nitrogens with one attached hydrogen (secondary N) is 3. The fourth-order valence-corrected chi connectivity index (χ4v) is 7.69. The summed E-state index contributed by atoms with van der Waals surface area (Å²) in [5.74, 6) is -3.57. The van der Waals surface area contributed by atoms with E-state index >= 15 is 4.39 Å². The summed E-state index contributed by atoms with van der Waals surface area (Å²) in [6.45, 7) is 1.66. The van der Waals surface area contributed by atoms with Gasteiger partial charge < -0.3 is 24.9 Å². The van der Waals surface area contributed by atoms with Crippen LogP contribution in [0.25, 0.3) is 16.6 Å². The number of Topliss-reactive ketones (excluding diaryl/α,β-unsaturated/α-hetero) is 1. The SMILES string of the molecule is CC(=O)c1cc(C(=O)Nc2cc(CO)cc(-c3cnn(C)c3)c2F)c2cc(OCCCCCC(=O)NCCCc3cccc4c3C(=O)N(C3CCC(=O)NC3=O)C4=O)ccn12. The van der Waals surface area contributed by atoms with Crippen LogP contribution in [0.1, 0.15) is 105 Å². The highest BCUT2D eigenvalue weighted by Gasteiger charge is 2.45. The van der Waals surface area contributed by atoms with Crippen LogP contribution in [0.3, 0.4) is 0 Å². The van der Waals surface area contributed by atoms with E-state index in [0.717, 1.165) is 4.90 Å². The maximum absolute atomic E-state index is 15.7. The summed E-state index contributed by atoms with van der Waals surface area (Å²) in [5.41, 5.74) is 2.70. The largest absolute Gasteiger partial charge is 0.493 e. The van der Waals surface area contributed by atoms with Crippen molar-refractivity contribution in [2.24, 2.45) is 7.05 Å². The zero-order valence-electron chi connectivity index (χ0n) is 33.6. The second-order valence-corrected chi connectivity index (χ2v) is 15.0. The van der Waals surface area contributed by atoms with Gasteiger partial charge in [0.05, 0.1) is 53.0 Å². The van der Waals surface area contributed by atoms with E-state index in [1.165, 1.54) is 36.0 Å². The molecule has 0 saturated carbocycles. The van der Waals surface area contributed by atoms with Gasteiger partial charge in [0.25, 0.3) is 17.7 Å². The monoisotopic (exact) mass is 833 g/mol. The molecule has 5 heterocycles. The molecule has 3 aromatic heterocycles. The Kier molecular flexibility index (Phi) is 12.5. The number of aliphatic hydroxyl groups is 1. The number of pyridine rings is 1. The van der Waals surface area contributed by atoms with E-state index in [1.54, 1.807) is 54.2 Å². The molecule has 7 rings (SSSR count). The van der Waals surface area contributed by atoms with Crippen LogP contribution in [0.4, 0.5) is 10.1 Å². The number of halogens is 1. The Bertz CT molecular complexity index is 2600. The molecule has 2 aliphatic heterocycles. The topological polar surface area (TPSA) is 211 Å². The zero-order valence-corrected chi connectivity index (χ0v) is 33.6. The molecule has 2 aliphatic rings. The Morgan fingerprint density at radius 3 is 2.56 bits per heavy atom. The van der Waals surface area contributed by atoms with Crippen LogP contribution in [0.5, 0.6) is 5.75 Å². The molecule has 0 spiro atoms. The van der Waals surface area contributed by atoms with Gasteiger partial charge in [0.1, 0.15) is 11.8 Å². The Balaban J connectivity index is 0.879. The molecule has 2 aromatic carbocycles. The Morgan fingerprint density at radius 1 is 1.00 bits per heavy atom. The molecule has 16 nitrogen and oxygen atoms in total. The van der Waals surface area contributed by atoms with Gasteiger partial charge in [-0.15, -0.1) is 0 Å². The maximum atomic E-state index is 15.7. The zero-order chi connectivity index (χ0) is 43.4. The smallest absolute Gasteiger partial charge is 0.262 e. The Labute approximate surface area is 349 Å². The number of carbonyl (C=O) groups excluding carboxylic acids is 7. The summed E-state index contributed by atoms with van der Waals surface area (Å²) >= 11 is 0. The number of hydrogen-bond acceptors (Lipinski definition) is 10. The Hall–Kier alpha value is -7.01. The molecule has 316 valence electrons. The standard InChI is InChI=1S/C44H44FN7O9/c1-25(54)35-21-32(41(57)48-33-19-26(24-53)18-31(40(33)45)28-22-47-50(2)23-28)36-20-29(14-16-51(35)36)61-17-5-3-4-11-37(55)46-15-7-9-27-8-6-10-30-39(27)44(60)52(43(30)59)34-12-13-38(56)49-42(34)58/h6,8,10,14,16,18-23,34,53H,3-5,7,9,11-13,15,17,24H2,1-2H3,(H,46,55)(H,48,57)(H,49,56,58). The lowest BCUT2D eigenvalue weighted by molar-refractivity contribution is -0.136. The molecule has 0 radical (unpaired) electrons. The predicted octanol–water partition coefficient (Wildman–Crippen LogP) is 4.52. The van der Waals surface area contributed by atoms with Crippen molar-refractivity contribution in [3.8, 4) is 16.9 Å². The lowest BCUT2D eigenvalue weighted by Crippen LogP contribution is -2.54. The minimum absolute atomic E-state index is 0.0381. The number of ether oxygens (including phenoxy) is 1. The fourth-order valence-electron chi connectivity index (χ4n) is 7.69. The molecule has 17 heteroatoms. The number of aryl methyl sites for hydroxylation is 2. The number of amides is 6. The van der Waals surface area contributed by atoms with Crippen molar-refractivity contribution in [2.75, 3.05) is 18.5 Å². The maximum Gasteiger partial charge on any atom is 0.262 e. The van der Waals surface area contributed by atoms with Gasteiger partial charge in [0.15, 0.2) is 11.6 Å². The number of piperidine rings is 1. The Morgan fingerprint density at radius 2 is 1.82 bits per heavy atom. The number of nitrogens with zero attached hydrogens (tertiary/aromatic N) is 4. The minimum Gasteiger partial charge on any atom is -0.493 e. The van der Waals surface area contributed by atoms with E-state index in [2.05, 4.69) is 21.0 Å². The molecular formula is C44H44FN7O9. The number of aliphatic hydroxyl groups excluding tert-OH is 1. The highest BCUT2D eigenvalue weighted by Crippen LogP contribution is 2.32. The summed E-state index contributed by atoms with van der Waals surface area (Å²) in [6.07, 6.45) is 7.99. The first-order chi connectivity index (χ1) is 29.3. The molecule has 0 aliphatic carbocycles. The number of hydrogen-bond donors (Lipinski definition) is 4. The molecule has 1 saturated heterocycles. The number of unbranched alkanes of at least 4 members (excludes halogenated alkanes) is 2. The van der Waals surface area contributed by atoms with Crippen LogP contribution in [0.15, 0.2) is 67.1 Å². The highest BCUT2D eigenvalue weighted by molar-refractivity contribution is 6.24. The summed E-state index contributed by atoms with van der Waals surface area (Å²) in [6, 6.07) is 11.5. The lowest BCUT2D eigenvalue weighted by atomic mass is 9.99. The van der Waals surface area contributed by atoms with Gasteiger partial charge in [-0.25, -0.2) is 4.39 Å². The molecule has 61 heavy (non-hydrogen) atoms. The van der Waals surface area contributed by atoms with E-state index in [0.29, 0.717) is 79.6 Å². The molecule has 0 bridgehead atoms. The van der Waals surface area contributed by atoms with Gasteiger partial charge in [0.2, 0.25) is 17.7 Å². The number of aromatic nitrogens is 3. The van der Waals surface area contributed by atoms with Crippen molar-refractivity contribution in [3.05, 3.63) is 106 Å². The van der Waals surface area contributed by atoms with Gasteiger partial charge in [-0.1, -0.05) is 12.1 Å². The first-order valence-corrected chi connectivity index (χ1v) is 20.0. The van der Waals surface area contributed by atoms with Crippen molar-refractivity contribution in [2.45, 2.75) is 70.9 Å². The average molecular weight is 834 g/mol. The number of benzene rings is 2. The van der Waals surface area contributed by atoms with E-state index < -0.39 is 41.4 Å². The second kappa shape index (κ2) is 18.1. The van der Waals surface area contributed by atoms with Gasteiger partial charge >= 0.3 is 0 Å². The third kappa shape index (κ3) is 8.96. The normalized spacial score (nSPS) is 15.0. The van der Waals surface area contributed by atoms with Crippen LogP contribution in [0.2, 0.25) is 0 Å². The number of carbonyl (C=O) groups is 7. The number of ketones is 1. The van der Waals surface area contributed by atoms with Crippen molar-refractivity contribution in [1.82, 2.24) is 29.7 Å². The predicted molar refractivity (Wildman–Crippen MR) is 218 cm³/mol. The first-order valence-electron chi connectivity index (χ1n) is 20.0. The summed E-state index contributed by atoms with van der Waals surface area (Å²) < 4.78 is 24.8. The fraction of sp³-hybridized carbons (Fsp3) is 0.318. The average Bonchev–Trinajstić information content (AvgIpc) is 3.92. The molecule has 1 atom stereocenters. The van der Waals surface area contributed by atoms with Crippen molar-refractivity contribution in [3.63, 3.8) is 0 Å². The van der Waals surface area contributed by atoms with Crippen LogP contribution >= 0.6 is 0 Å². The number of fused-ring (bicyclic) bond motifs is 2. The summed E-state index contributed by atoms with van der Waals surface area (Å²) in [4.78, 5) is 90.1. The van der Waals surface area contributed by atoms with Gasteiger partial charge in [-0.2, -0.15) is 5.10 Å². The van der Waals surface area contributed by atoms with Crippen molar-refractivity contribution in [1.29, 1.82) is 0 Å². The highest BCUT2D eigenvalue weighted by atomic mass is 19.1. The van der Waals surface area contributed by atoms with E-state index in [1.807, 2.05) is 0 Å². The molecule has 6 amide bonds. The second-order valence-electron chi connectivity index (χ2n) is 15.0. The molecular weight excluding hydrogens is 790 g/mol. The number of rotatable bonds is 17. The quantitative estimate of drug-likeness (QED) is 0.0585. The lowest BCUT2D eigenvalue weighted by Gasteiger charge is -2.27. The summed E-state index contributed by atoms with van der Waals surface area (Å²) in [5, 5.41) is 21.6. The number of imide groups is 2.